The van der Waals surface area contributed by atoms with Crippen LogP contribution in [0.25, 0.3) is 6.08 Å². The van der Waals surface area contributed by atoms with Crippen LogP contribution in [0.3, 0.4) is 0 Å². The van der Waals surface area contributed by atoms with E-state index >= 15 is 0 Å². The summed E-state index contributed by atoms with van der Waals surface area (Å²) in [6, 6.07) is 9.26. The van der Waals surface area contributed by atoms with Crippen molar-refractivity contribution in [2.45, 2.75) is 6.92 Å². The van der Waals surface area contributed by atoms with Gasteiger partial charge < -0.3 is 4.90 Å². The molecule has 1 amide bonds. The average Bonchev–Trinajstić information content (AvgIpc) is 2.67. The van der Waals surface area contributed by atoms with Crippen LogP contribution in [0.15, 0.2) is 48.1 Å². The third kappa shape index (κ3) is 4.33. The van der Waals surface area contributed by atoms with Crippen molar-refractivity contribution in [3.05, 3.63) is 65.1 Å². The number of amides is 1. The lowest BCUT2D eigenvalue weighted by Gasteiger charge is -2.33. The van der Waals surface area contributed by atoms with Gasteiger partial charge in [0.15, 0.2) is 0 Å². The Morgan fingerprint density at radius 3 is 2.35 bits per heavy atom. The van der Waals surface area contributed by atoms with Gasteiger partial charge in [0, 0.05) is 37.8 Å². The maximum absolute atomic E-state index is 12.5. The third-order valence-corrected chi connectivity index (χ3v) is 5.68. The molecule has 0 N–H and O–H groups in total. The fraction of sp³-hybridized carbons (Fsp3) is 0.278. The van der Waals surface area contributed by atoms with Crippen LogP contribution in [0.2, 0.25) is 0 Å². The average molecular weight is 372 g/mol. The summed E-state index contributed by atoms with van der Waals surface area (Å²) in [6.45, 7) is 2.96. The zero-order valence-corrected chi connectivity index (χ0v) is 15.3. The highest BCUT2D eigenvalue weighted by molar-refractivity contribution is 7.92. The molecule has 0 spiro atoms. The Hall–Kier alpha value is -2.58. The highest BCUT2D eigenvalue weighted by atomic mass is 32.2. The molecular weight excluding hydrogens is 352 g/mol. The number of aryl methyl sites for hydroxylation is 1. The van der Waals surface area contributed by atoms with Gasteiger partial charge in [0.25, 0.3) is 5.91 Å². The zero-order chi connectivity index (χ0) is 18.6. The minimum atomic E-state index is -3.51. The summed E-state index contributed by atoms with van der Waals surface area (Å²) >= 11 is 0. The Bertz CT molecular complexity index is 888. The van der Waals surface area contributed by atoms with E-state index in [1.807, 2.05) is 30.3 Å². The number of piperazine rings is 1. The molecule has 1 saturated heterocycles. The second-order valence-electron chi connectivity index (χ2n) is 5.99. The van der Waals surface area contributed by atoms with Crippen LogP contribution in [0.5, 0.6) is 0 Å². The zero-order valence-electron chi connectivity index (χ0n) is 14.4. The standard InChI is InChI=1S/C18H20N4O3S/c1-15-13-20-17(14-19-15)18(23)21-8-10-22(11-9-21)26(24,25)12-7-16-5-3-2-4-6-16/h2-7,12-14H,8-11H2,1H3/b12-7+. The van der Waals surface area contributed by atoms with E-state index in [4.69, 9.17) is 0 Å². The number of benzene rings is 1. The molecule has 26 heavy (non-hydrogen) atoms. The van der Waals surface area contributed by atoms with E-state index in [9.17, 15) is 13.2 Å². The highest BCUT2D eigenvalue weighted by Crippen LogP contribution is 2.13. The number of hydrogen-bond acceptors (Lipinski definition) is 5. The molecule has 1 aliphatic rings. The molecule has 0 bridgehead atoms. The molecule has 0 aliphatic carbocycles. The largest absolute Gasteiger partial charge is 0.335 e. The van der Waals surface area contributed by atoms with E-state index in [2.05, 4.69) is 9.97 Å². The first-order valence-corrected chi connectivity index (χ1v) is 9.77. The summed E-state index contributed by atoms with van der Waals surface area (Å²) in [5.74, 6) is -0.227. The quantitative estimate of drug-likeness (QED) is 0.813. The predicted octanol–water partition coefficient (Wildman–Crippen LogP) is 1.54. The van der Waals surface area contributed by atoms with Gasteiger partial charge in [-0.15, -0.1) is 0 Å². The van der Waals surface area contributed by atoms with Gasteiger partial charge in [-0.25, -0.2) is 13.4 Å². The Morgan fingerprint density at radius 2 is 1.73 bits per heavy atom. The van der Waals surface area contributed by atoms with Gasteiger partial charge in [-0.2, -0.15) is 4.31 Å². The SMILES string of the molecule is Cc1cnc(C(=O)N2CCN(S(=O)(=O)/C=C/c3ccccc3)CC2)cn1. The molecule has 2 aromatic rings. The maximum atomic E-state index is 12.5. The number of hydrogen-bond donors (Lipinski definition) is 0. The Kier molecular flexibility index (Phi) is 5.43. The van der Waals surface area contributed by atoms with Crippen LogP contribution in [0.4, 0.5) is 0 Å². The normalized spacial score (nSPS) is 16.1. The van der Waals surface area contributed by atoms with Gasteiger partial charge in [0.2, 0.25) is 10.0 Å². The van der Waals surface area contributed by atoms with Crippen LogP contribution < -0.4 is 0 Å². The molecule has 1 aliphatic heterocycles. The second kappa shape index (κ2) is 7.76. The number of carbonyl (C=O) groups excluding carboxylic acids is 1. The lowest BCUT2D eigenvalue weighted by atomic mass is 10.2. The molecule has 2 heterocycles. The summed E-state index contributed by atoms with van der Waals surface area (Å²) < 4.78 is 26.3. The van der Waals surface area contributed by atoms with Crippen molar-refractivity contribution < 1.29 is 13.2 Å². The lowest BCUT2D eigenvalue weighted by Crippen LogP contribution is -2.50. The van der Waals surface area contributed by atoms with Crippen LogP contribution in [-0.4, -0.2) is 59.7 Å². The summed E-state index contributed by atoms with van der Waals surface area (Å²) in [4.78, 5) is 22.2. The van der Waals surface area contributed by atoms with Crippen molar-refractivity contribution in [2.75, 3.05) is 26.2 Å². The molecule has 3 rings (SSSR count). The molecule has 0 radical (unpaired) electrons. The minimum absolute atomic E-state index is 0.227. The molecule has 1 fully saturated rings. The van der Waals surface area contributed by atoms with Gasteiger partial charge >= 0.3 is 0 Å². The summed E-state index contributed by atoms with van der Waals surface area (Å²) in [7, 11) is -3.51. The van der Waals surface area contributed by atoms with E-state index in [0.29, 0.717) is 13.1 Å². The molecule has 8 heteroatoms. The van der Waals surface area contributed by atoms with E-state index < -0.39 is 10.0 Å². The Labute approximate surface area is 153 Å². The Balaban J connectivity index is 1.61. The van der Waals surface area contributed by atoms with Crippen molar-refractivity contribution >= 4 is 22.0 Å². The first-order chi connectivity index (χ1) is 12.5. The number of carbonyl (C=O) groups is 1. The van der Waals surface area contributed by atoms with Crippen molar-refractivity contribution in [2.24, 2.45) is 0 Å². The molecule has 0 unspecified atom stereocenters. The van der Waals surface area contributed by atoms with E-state index in [0.717, 1.165) is 11.3 Å². The molecule has 1 aromatic carbocycles. The van der Waals surface area contributed by atoms with Gasteiger partial charge in [-0.05, 0) is 18.6 Å². The topological polar surface area (TPSA) is 83.5 Å². The van der Waals surface area contributed by atoms with Crippen molar-refractivity contribution in [1.82, 2.24) is 19.2 Å². The maximum Gasteiger partial charge on any atom is 0.274 e. The first-order valence-electron chi connectivity index (χ1n) is 8.27. The lowest BCUT2D eigenvalue weighted by molar-refractivity contribution is 0.0692. The molecular formula is C18H20N4O3S. The van der Waals surface area contributed by atoms with E-state index in [1.54, 1.807) is 24.1 Å². The number of rotatable bonds is 4. The fourth-order valence-corrected chi connectivity index (χ4v) is 3.80. The van der Waals surface area contributed by atoms with E-state index in [-0.39, 0.29) is 24.7 Å². The van der Waals surface area contributed by atoms with Crippen molar-refractivity contribution in [3.63, 3.8) is 0 Å². The van der Waals surface area contributed by atoms with Gasteiger partial charge in [-0.1, -0.05) is 30.3 Å². The molecule has 136 valence electrons. The molecule has 7 nitrogen and oxygen atoms in total. The predicted molar refractivity (Wildman–Crippen MR) is 98.6 cm³/mol. The minimum Gasteiger partial charge on any atom is -0.335 e. The van der Waals surface area contributed by atoms with Gasteiger partial charge in [0.05, 0.1) is 11.9 Å². The van der Waals surface area contributed by atoms with E-state index in [1.165, 1.54) is 15.9 Å². The number of aromatic nitrogens is 2. The monoisotopic (exact) mass is 372 g/mol. The second-order valence-corrected chi connectivity index (χ2v) is 7.81. The number of sulfonamides is 1. The molecule has 0 atom stereocenters. The highest BCUT2D eigenvalue weighted by Gasteiger charge is 2.28. The summed E-state index contributed by atoms with van der Waals surface area (Å²) in [5, 5.41) is 1.21. The third-order valence-electron chi connectivity index (χ3n) is 4.12. The van der Waals surface area contributed by atoms with Gasteiger partial charge in [-0.3, -0.25) is 9.78 Å². The first kappa shape index (κ1) is 18.2. The summed E-state index contributed by atoms with van der Waals surface area (Å²) in [5.41, 5.74) is 1.83. The Morgan fingerprint density at radius 1 is 1.04 bits per heavy atom. The fourth-order valence-electron chi connectivity index (χ4n) is 2.63. The number of nitrogens with zero attached hydrogens (tertiary/aromatic N) is 4. The van der Waals surface area contributed by atoms with Crippen LogP contribution >= 0.6 is 0 Å². The molecule has 1 aromatic heterocycles. The van der Waals surface area contributed by atoms with Gasteiger partial charge in [0.1, 0.15) is 5.69 Å². The molecule has 0 saturated carbocycles. The van der Waals surface area contributed by atoms with Crippen molar-refractivity contribution in [1.29, 1.82) is 0 Å². The van der Waals surface area contributed by atoms with Crippen LogP contribution in [0.1, 0.15) is 21.7 Å². The van der Waals surface area contributed by atoms with Crippen LogP contribution in [0, 0.1) is 6.92 Å². The summed E-state index contributed by atoms with van der Waals surface area (Å²) in [6.07, 6.45) is 4.57. The van der Waals surface area contributed by atoms with Crippen molar-refractivity contribution in [3.8, 4) is 0 Å². The van der Waals surface area contributed by atoms with Crippen LogP contribution in [-0.2, 0) is 10.0 Å². The smallest absolute Gasteiger partial charge is 0.274 e.